The van der Waals surface area contributed by atoms with E-state index in [4.69, 9.17) is 11.6 Å². The predicted molar refractivity (Wildman–Crippen MR) is 65.6 cm³/mol. The van der Waals surface area contributed by atoms with Crippen LogP contribution in [-0.4, -0.2) is 30.7 Å². The quantitative estimate of drug-likeness (QED) is 0.929. The van der Waals surface area contributed by atoms with Gasteiger partial charge in [-0.2, -0.15) is 0 Å². The Morgan fingerprint density at radius 2 is 2.16 bits per heavy atom. The maximum absolute atomic E-state index is 12.1. The van der Waals surface area contributed by atoms with Gasteiger partial charge in [0, 0.05) is 12.2 Å². The maximum Gasteiger partial charge on any atom is 0.573 e. The number of halogens is 4. The second-order valence-corrected chi connectivity index (χ2v) is 4.74. The van der Waals surface area contributed by atoms with Gasteiger partial charge in [-0.15, -0.1) is 13.2 Å². The molecule has 0 aromatic heterocycles. The third kappa shape index (κ3) is 3.45. The molecule has 0 spiro atoms. The summed E-state index contributed by atoms with van der Waals surface area (Å²) < 4.78 is 40.1. The van der Waals surface area contributed by atoms with Crippen LogP contribution in [-0.2, 0) is 0 Å². The fraction of sp³-hybridized carbons (Fsp3) is 0.500. The molecule has 0 bridgehead atoms. The molecule has 1 atom stereocenters. The minimum atomic E-state index is -4.76. The monoisotopic (exact) mass is 295 g/mol. The Morgan fingerprint density at radius 3 is 2.74 bits per heavy atom. The molecule has 1 N–H and O–H groups in total. The third-order valence-corrected chi connectivity index (χ3v) is 3.36. The van der Waals surface area contributed by atoms with Crippen molar-refractivity contribution in [1.82, 2.24) is 0 Å². The lowest BCUT2D eigenvalue weighted by atomic mass is 10.2. The van der Waals surface area contributed by atoms with Gasteiger partial charge in [-0.25, -0.2) is 0 Å². The first-order valence-corrected chi connectivity index (χ1v) is 6.21. The van der Waals surface area contributed by atoms with Crippen LogP contribution in [0.5, 0.6) is 5.75 Å². The zero-order valence-electron chi connectivity index (χ0n) is 9.95. The Kier molecular flexibility index (Phi) is 4.10. The molecule has 1 saturated heterocycles. The highest BCUT2D eigenvalue weighted by molar-refractivity contribution is 6.32. The van der Waals surface area contributed by atoms with Crippen molar-refractivity contribution in [2.24, 2.45) is 0 Å². The molecule has 19 heavy (non-hydrogen) atoms. The van der Waals surface area contributed by atoms with Crippen molar-refractivity contribution < 1.29 is 23.0 Å². The van der Waals surface area contributed by atoms with Crippen LogP contribution in [0.25, 0.3) is 0 Å². The van der Waals surface area contributed by atoms with Crippen molar-refractivity contribution >= 4 is 17.3 Å². The molecule has 1 aliphatic rings. The summed E-state index contributed by atoms with van der Waals surface area (Å²) in [5.74, 6) is -0.419. The maximum atomic E-state index is 12.1. The minimum Gasteiger partial charge on any atom is -0.404 e. The van der Waals surface area contributed by atoms with Crippen LogP contribution >= 0.6 is 11.6 Å². The van der Waals surface area contributed by atoms with Gasteiger partial charge >= 0.3 is 6.36 Å². The summed E-state index contributed by atoms with van der Waals surface area (Å²) in [7, 11) is 0. The average molecular weight is 296 g/mol. The largest absolute Gasteiger partial charge is 0.573 e. The Labute approximate surface area is 113 Å². The van der Waals surface area contributed by atoms with E-state index < -0.39 is 12.1 Å². The Balaban J connectivity index is 2.19. The summed E-state index contributed by atoms with van der Waals surface area (Å²) >= 11 is 5.79. The molecule has 1 aromatic rings. The van der Waals surface area contributed by atoms with E-state index in [1.165, 1.54) is 18.2 Å². The van der Waals surface area contributed by atoms with Crippen molar-refractivity contribution in [1.29, 1.82) is 0 Å². The van der Waals surface area contributed by atoms with E-state index >= 15 is 0 Å². The topological polar surface area (TPSA) is 32.7 Å². The number of nitrogens with zero attached hydrogens (tertiary/aromatic N) is 1. The van der Waals surface area contributed by atoms with Crippen molar-refractivity contribution in [3.8, 4) is 5.75 Å². The SMILES string of the molecule is OC[C@H]1CCCN1c1ccc(OC(F)(F)F)c(Cl)c1. The smallest absolute Gasteiger partial charge is 0.404 e. The van der Waals surface area contributed by atoms with E-state index in [-0.39, 0.29) is 17.7 Å². The third-order valence-electron chi connectivity index (χ3n) is 3.06. The number of alkyl halides is 3. The molecule has 1 aromatic carbocycles. The van der Waals surface area contributed by atoms with E-state index in [9.17, 15) is 18.3 Å². The van der Waals surface area contributed by atoms with E-state index in [0.717, 1.165) is 19.4 Å². The Hall–Kier alpha value is -1.14. The number of ether oxygens (including phenoxy) is 1. The summed E-state index contributed by atoms with van der Waals surface area (Å²) in [6.07, 6.45) is -2.97. The number of hydrogen-bond donors (Lipinski definition) is 1. The second kappa shape index (κ2) is 5.46. The van der Waals surface area contributed by atoms with Crippen molar-refractivity contribution in [2.75, 3.05) is 18.1 Å². The zero-order valence-corrected chi connectivity index (χ0v) is 10.7. The molecule has 3 nitrogen and oxygen atoms in total. The van der Waals surface area contributed by atoms with Gasteiger partial charge in [-0.05, 0) is 31.0 Å². The number of aliphatic hydroxyl groups excluding tert-OH is 1. The van der Waals surface area contributed by atoms with E-state index in [1.807, 2.05) is 4.90 Å². The van der Waals surface area contributed by atoms with Crippen molar-refractivity contribution in [3.63, 3.8) is 0 Å². The van der Waals surface area contributed by atoms with Gasteiger partial charge in [-0.3, -0.25) is 0 Å². The molecule has 2 rings (SSSR count). The summed E-state index contributed by atoms with van der Waals surface area (Å²) in [6.45, 7) is 0.763. The zero-order chi connectivity index (χ0) is 14.0. The van der Waals surface area contributed by atoms with Gasteiger partial charge in [0.15, 0.2) is 0 Å². The lowest BCUT2D eigenvalue weighted by Crippen LogP contribution is -2.31. The molecule has 1 aliphatic heterocycles. The van der Waals surface area contributed by atoms with Gasteiger partial charge in [0.25, 0.3) is 0 Å². The lowest BCUT2D eigenvalue weighted by molar-refractivity contribution is -0.274. The molecule has 0 amide bonds. The lowest BCUT2D eigenvalue weighted by Gasteiger charge is -2.25. The van der Waals surface area contributed by atoms with Crippen LogP contribution in [0.2, 0.25) is 5.02 Å². The van der Waals surface area contributed by atoms with Crippen LogP contribution in [0.3, 0.4) is 0 Å². The van der Waals surface area contributed by atoms with E-state index in [1.54, 1.807) is 0 Å². The first kappa shape index (κ1) is 14.3. The Bertz CT molecular complexity index is 453. The molecule has 0 aliphatic carbocycles. The fourth-order valence-corrected chi connectivity index (χ4v) is 2.45. The predicted octanol–water partition coefficient (Wildman–Crippen LogP) is 3.20. The molecule has 0 saturated carbocycles. The normalized spacial score (nSPS) is 19.8. The van der Waals surface area contributed by atoms with Crippen LogP contribution < -0.4 is 9.64 Å². The molecule has 0 unspecified atom stereocenters. The van der Waals surface area contributed by atoms with Crippen molar-refractivity contribution in [3.05, 3.63) is 23.2 Å². The number of anilines is 1. The van der Waals surface area contributed by atoms with Gasteiger partial charge in [0.2, 0.25) is 0 Å². The molecule has 7 heteroatoms. The molecular formula is C12H13ClF3NO2. The highest BCUT2D eigenvalue weighted by Gasteiger charge is 2.32. The van der Waals surface area contributed by atoms with Gasteiger partial charge in [-0.1, -0.05) is 11.6 Å². The highest BCUT2D eigenvalue weighted by atomic mass is 35.5. The molecule has 0 radical (unpaired) electrons. The number of benzene rings is 1. The first-order valence-electron chi connectivity index (χ1n) is 5.83. The summed E-state index contributed by atoms with van der Waals surface area (Å²) in [6, 6.07) is 4.13. The number of aliphatic hydroxyl groups is 1. The van der Waals surface area contributed by atoms with Crippen LogP contribution in [0, 0.1) is 0 Å². The van der Waals surface area contributed by atoms with E-state index in [2.05, 4.69) is 4.74 Å². The van der Waals surface area contributed by atoms with Crippen molar-refractivity contribution in [2.45, 2.75) is 25.2 Å². The molecular weight excluding hydrogens is 283 g/mol. The number of hydrogen-bond acceptors (Lipinski definition) is 3. The van der Waals surface area contributed by atoms with Crippen LogP contribution in [0.15, 0.2) is 18.2 Å². The summed E-state index contributed by atoms with van der Waals surface area (Å²) in [5.41, 5.74) is 0.691. The van der Waals surface area contributed by atoms with Gasteiger partial charge in [0.1, 0.15) is 5.75 Å². The average Bonchev–Trinajstić information content (AvgIpc) is 2.78. The standard InChI is InChI=1S/C12H13ClF3NO2/c13-10-6-8(17-5-1-2-9(17)7-18)3-4-11(10)19-12(14,15)16/h3-4,6,9,18H,1-2,5,7H2/t9-/m1/s1. The fourth-order valence-electron chi connectivity index (χ4n) is 2.24. The van der Waals surface area contributed by atoms with Crippen LogP contribution in [0.4, 0.5) is 18.9 Å². The minimum absolute atomic E-state index is 0.00884. The highest BCUT2D eigenvalue weighted by Crippen LogP contribution is 2.35. The van der Waals surface area contributed by atoms with Crippen LogP contribution in [0.1, 0.15) is 12.8 Å². The molecule has 1 fully saturated rings. The first-order chi connectivity index (χ1) is 8.90. The Morgan fingerprint density at radius 1 is 1.42 bits per heavy atom. The van der Waals surface area contributed by atoms with Gasteiger partial charge in [0.05, 0.1) is 17.7 Å². The number of rotatable bonds is 3. The summed E-state index contributed by atoms with van der Waals surface area (Å²) in [5, 5.41) is 9.13. The molecule has 106 valence electrons. The van der Waals surface area contributed by atoms with E-state index in [0.29, 0.717) is 5.69 Å². The summed E-state index contributed by atoms with van der Waals surface area (Å²) in [4.78, 5) is 1.93. The van der Waals surface area contributed by atoms with Gasteiger partial charge < -0.3 is 14.7 Å². The second-order valence-electron chi connectivity index (χ2n) is 4.33. The molecule has 1 heterocycles.